The molecule has 0 aliphatic rings. The first-order valence-electron chi connectivity index (χ1n) is 5.22. The van der Waals surface area contributed by atoms with E-state index in [-0.39, 0.29) is 18.4 Å². The highest BCUT2D eigenvalue weighted by Crippen LogP contribution is 1.97. The minimum absolute atomic E-state index is 0.0110. The summed E-state index contributed by atoms with van der Waals surface area (Å²) in [6.07, 6.45) is 1.86. The molecular weight excluding hydrogens is 196 g/mol. The Kier molecular flexibility index (Phi) is 7.62. The lowest BCUT2D eigenvalue weighted by atomic mass is 10.1. The summed E-state index contributed by atoms with van der Waals surface area (Å²) in [6, 6.07) is -0.0665. The van der Waals surface area contributed by atoms with Gasteiger partial charge < -0.3 is 15.7 Å². The molecule has 1 unspecified atom stereocenters. The molecule has 88 valence electrons. The van der Waals surface area contributed by atoms with Gasteiger partial charge >= 0.3 is 5.97 Å². The first kappa shape index (κ1) is 13.9. The van der Waals surface area contributed by atoms with Gasteiger partial charge in [0, 0.05) is 18.9 Å². The fourth-order valence-electron chi connectivity index (χ4n) is 1.18. The van der Waals surface area contributed by atoms with Crippen LogP contribution in [0.1, 0.15) is 32.6 Å². The number of hydrogen-bond acceptors (Lipinski definition) is 3. The van der Waals surface area contributed by atoms with Crippen molar-refractivity contribution in [2.75, 3.05) is 13.6 Å². The Bertz CT molecular complexity index is 207. The molecule has 0 aromatic carbocycles. The second kappa shape index (κ2) is 8.23. The number of aliphatic carboxylic acids is 1. The average Bonchev–Trinajstić information content (AvgIpc) is 2.15. The molecule has 3 N–H and O–H groups in total. The lowest BCUT2D eigenvalue weighted by Crippen LogP contribution is -2.33. The molecule has 0 aromatic heterocycles. The molecule has 0 radical (unpaired) electrons. The van der Waals surface area contributed by atoms with Gasteiger partial charge in [0.25, 0.3) is 0 Å². The van der Waals surface area contributed by atoms with Crippen molar-refractivity contribution in [2.24, 2.45) is 0 Å². The fourth-order valence-corrected chi connectivity index (χ4v) is 1.18. The molecule has 0 saturated heterocycles. The standard InChI is InChI=1S/C10H20N2O3/c1-8(5-6-10(14)15)12-9(13)4-3-7-11-2/h8,11H,3-7H2,1-2H3,(H,12,13)(H,14,15). The van der Waals surface area contributed by atoms with E-state index in [9.17, 15) is 9.59 Å². The van der Waals surface area contributed by atoms with Crippen LogP contribution in [-0.2, 0) is 9.59 Å². The molecule has 0 aliphatic heterocycles. The summed E-state index contributed by atoms with van der Waals surface area (Å²) in [6.45, 7) is 2.63. The summed E-state index contributed by atoms with van der Waals surface area (Å²) in [7, 11) is 1.84. The van der Waals surface area contributed by atoms with Crippen LogP contribution in [0.3, 0.4) is 0 Å². The van der Waals surface area contributed by atoms with E-state index < -0.39 is 5.97 Å². The zero-order valence-corrected chi connectivity index (χ0v) is 9.38. The van der Waals surface area contributed by atoms with E-state index in [2.05, 4.69) is 10.6 Å². The maximum Gasteiger partial charge on any atom is 0.303 e. The molecule has 5 nitrogen and oxygen atoms in total. The summed E-state index contributed by atoms with van der Waals surface area (Å²) in [4.78, 5) is 21.6. The fraction of sp³-hybridized carbons (Fsp3) is 0.800. The topological polar surface area (TPSA) is 78.4 Å². The number of carbonyl (C=O) groups excluding carboxylic acids is 1. The number of amides is 1. The number of carboxylic acids is 1. The lowest BCUT2D eigenvalue weighted by Gasteiger charge is -2.12. The monoisotopic (exact) mass is 216 g/mol. The molecule has 0 aromatic rings. The Morgan fingerprint density at radius 3 is 2.53 bits per heavy atom. The van der Waals surface area contributed by atoms with Crippen LogP contribution < -0.4 is 10.6 Å². The largest absolute Gasteiger partial charge is 0.481 e. The molecule has 1 atom stereocenters. The Hall–Kier alpha value is -1.10. The lowest BCUT2D eigenvalue weighted by molar-refractivity contribution is -0.137. The maximum atomic E-state index is 11.3. The van der Waals surface area contributed by atoms with Crippen LogP contribution >= 0.6 is 0 Å². The molecule has 0 heterocycles. The van der Waals surface area contributed by atoms with Gasteiger partial charge in [0.05, 0.1) is 0 Å². The van der Waals surface area contributed by atoms with Crippen LogP contribution in [-0.4, -0.2) is 36.6 Å². The minimum atomic E-state index is -0.828. The van der Waals surface area contributed by atoms with Gasteiger partial charge in [-0.2, -0.15) is 0 Å². The quantitative estimate of drug-likeness (QED) is 0.512. The van der Waals surface area contributed by atoms with Crippen molar-refractivity contribution in [3.63, 3.8) is 0 Å². The van der Waals surface area contributed by atoms with Crippen molar-refractivity contribution in [1.29, 1.82) is 0 Å². The van der Waals surface area contributed by atoms with Crippen LogP contribution in [0, 0.1) is 0 Å². The molecule has 0 rings (SSSR count). The van der Waals surface area contributed by atoms with Crippen molar-refractivity contribution < 1.29 is 14.7 Å². The molecule has 0 spiro atoms. The first-order valence-corrected chi connectivity index (χ1v) is 5.22. The van der Waals surface area contributed by atoms with Gasteiger partial charge in [-0.3, -0.25) is 9.59 Å². The predicted molar refractivity (Wildman–Crippen MR) is 57.6 cm³/mol. The van der Waals surface area contributed by atoms with Crippen LogP contribution in [0.5, 0.6) is 0 Å². The second-order valence-electron chi connectivity index (χ2n) is 3.61. The first-order chi connectivity index (χ1) is 7.06. The van der Waals surface area contributed by atoms with E-state index in [4.69, 9.17) is 5.11 Å². The van der Waals surface area contributed by atoms with E-state index in [0.29, 0.717) is 12.8 Å². The van der Waals surface area contributed by atoms with Gasteiger partial charge in [-0.25, -0.2) is 0 Å². The van der Waals surface area contributed by atoms with E-state index in [1.807, 2.05) is 14.0 Å². The van der Waals surface area contributed by atoms with Gasteiger partial charge in [0.1, 0.15) is 0 Å². The van der Waals surface area contributed by atoms with E-state index >= 15 is 0 Å². The van der Waals surface area contributed by atoms with Gasteiger partial charge in [0.2, 0.25) is 5.91 Å². The summed E-state index contributed by atoms with van der Waals surface area (Å²) >= 11 is 0. The van der Waals surface area contributed by atoms with Gasteiger partial charge in [-0.15, -0.1) is 0 Å². The number of carbonyl (C=O) groups is 2. The minimum Gasteiger partial charge on any atom is -0.481 e. The Morgan fingerprint density at radius 2 is 2.00 bits per heavy atom. The SMILES string of the molecule is CNCCCC(=O)NC(C)CCC(=O)O. The van der Waals surface area contributed by atoms with Gasteiger partial charge in [0.15, 0.2) is 0 Å². The van der Waals surface area contributed by atoms with Gasteiger partial charge in [-0.05, 0) is 33.4 Å². The molecule has 0 saturated carbocycles. The van der Waals surface area contributed by atoms with Crippen molar-refractivity contribution in [3.8, 4) is 0 Å². The molecule has 5 heteroatoms. The third-order valence-electron chi connectivity index (χ3n) is 2.03. The Morgan fingerprint density at radius 1 is 1.33 bits per heavy atom. The van der Waals surface area contributed by atoms with E-state index in [0.717, 1.165) is 13.0 Å². The van der Waals surface area contributed by atoms with Crippen molar-refractivity contribution in [2.45, 2.75) is 38.6 Å². The molecule has 0 bridgehead atoms. The molecule has 0 fully saturated rings. The highest BCUT2D eigenvalue weighted by atomic mass is 16.4. The Balaban J connectivity index is 3.53. The third kappa shape index (κ3) is 9.21. The van der Waals surface area contributed by atoms with Crippen molar-refractivity contribution in [3.05, 3.63) is 0 Å². The highest BCUT2D eigenvalue weighted by molar-refractivity contribution is 5.76. The zero-order chi connectivity index (χ0) is 11.7. The van der Waals surface area contributed by atoms with Crippen LogP contribution in [0.15, 0.2) is 0 Å². The molecular formula is C10H20N2O3. The third-order valence-corrected chi connectivity index (χ3v) is 2.03. The number of hydrogen-bond donors (Lipinski definition) is 3. The summed E-state index contributed by atoms with van der Waals surface area (Å²) in [5.41, 5.74) is 0. The summed E-state index contributed by atoms with van der Waals surface area (Å²) < 4.78 is 0. The number of nitrogens with one attached hydrogen (secondary N) is 2. The normalized spacial score (nSPS) is 12.1. The van der Waals surface area contributed by atoms with Crippen LogP contribution in [0.25, 0.3) is 0 Å². The average molecular weight is 216 g/mol. The molecule has 0 aliphatic carbocycles. The molecule has 15 heavy (non-hydrogen) atoms. The van der Waals surface area contributed by atoms with Gasteiger partial charge in [-0.1, -0.05) is 0 Å². The number of rotatable bonds is 8. The highest BCUT2D eigenvalue weighted by Gasteiger charge is 2.08. The van der Waals surface area contributed by atoms with E-state index in [1.165, 1.54) is 0 Å². The second-order valence-corrected chi connectivity index (χ2v) is 3.61. The zero-order valence-electron chi connectivity index (χ0n) is 9.38. The summed E-state index contributed by atoms with van der Waals surface area (Å²) in [5, 5.41) is 14.2. The Labute approximate surface area is 90.2 Å². The van der Waals surface area contributed by atoms with Crippen molar-refractivity contribution in [1.82, 2.24) is 10.6 Å². The van der Waals surface area contributed by atoms with Crippen LogP contribution in [0.2, 0.25) is 0 Å². The van der Waals surface area contributed by atoms with Crippen molar-refractivity contribution >= 4 is 11.9 Å². The maximum absolute atomic E-state index is 11.3. The summed E-state index contributed by atoms with van der Waals surface area (Å²) in [5.74, 6) is -0.838. The smallest absolute Gasteiger partial charge is 0.303 e. The van der Waals surface area contributed by atoms with E-state index in [1.54, 1.807) is 0 Å². The van der Waals surface area contributed by atoms with Crippen LogP contribution in [0.4, 0.5) is 0 Å². The molecule has 1 amide bonds. The predicted octanol–water partition coefficient (Wildman–Crippen LogP) is 0.355. The number of carboxylic acid groups (broad SMARTS) is 1.